The molecule has 1 amide bonds. The summed E-state index contributed by atoms with van der Waals surface area (Å²) in [6, 6.07) is 2.53. The lowest BCUT2D eigenvalue weighted by atomic mass is 10.2. The molecule has 6 heteroatoms. The summed E-state index contributed by atoms with van der Waals surface area (Å²) in [7, 11) is 0. The first-order chi connectivity index (χ1) is 10.3. The topological polar surface area (TPSA) is 88.8 Å². The summed E-state index contributed by atoms with van der Waals surface area (Å²) in [5, 5.41) is 11.4. The minimum atomic E-state index is -1.12. The van der Waals surface area contributed by atoms with Gasteiger partial charge in [0.15, 0.2) is 0 Å². The number of carboxylic acid groups (broad SMARTS) is 1. The Balaban J connectivity index is 2.47. The molecule has 0 saturated carbocycles. The molecular weight excluding hydrogens is 286 g/mol. The van der Waals surface area contributed by atoms with Crippen molar-refractivity contribution >= 4 is 18.1 Å². The highest BCUT2D eigenvalue weighted by Crippen LogP contribution is 2.07. The predicted molar refractivity (Wildman–Crippen MR) is 82.3 cm³/mol. The van der Waals surface area contributed by atoms with Gasteiger partial charge in [-0.3, -0.25) is 0 Å². The molecule has 0 fully saturated rings. The number of rotatable bonds is 6. The molecule has 2 N–H and O–H groups in total. The van der Waals surface area contributed by atoms with E-state index in [-0.39, 0.29) is 6.42 Å². The van der Waals surface area contributed by atoms with Crippen LogP contribution in [-0.2, 0) is 9.53 Å². The van der Waals surface area contributed by atoms with Crippen LogP contribution in [0.1, 0.15) is 33.0 Å². The third-order valence-corrected chi connectivity index (χ3v) is 2.41. The van der Waals surface area contributed by atoms with Gasteiger partial charge in [-0.15, -0.1) is 0 Å². The molecule has 0 saturated heterocycles. The van der Waals surface area contributed by atoms with Crippen LogP contribution in [0.2, 0.25) is 0 Å². The zero-order chi connectivity index (χ0) is 16.6. The van der Waals surface area contributed by atoms with Crippen molar-refractivity contribution in [2.24, 2.45) is 0 Å². The van der Waals surface area contributed by atoms with Gasteiger partial charge in [0, 0.05) is 0 Å². The average molecular weight is 307 g/mol. The normalized spacial score (nSPS) is 13.4. The van der Waals surface area contributed by atoms with Crippen molar-refractivity contribution in [1.29, 1.82) is 0 Å². The number of furan rings is 1. The first-order valence-electron chi connectivity index (χ1n) is 6.87. The molecule has 0 aliphatic carbocycles. The largest absolute Gasteiger partial charge is 0.480 e. The Hall–Kier alpha value is -2.50. The van der Waals surface area contributed by atoms with E-state index >= 15 is 0 Å². The Bertz CT molecular complexity index is 537. The Morgan fingerprint density at radius 2 is 2.14 bits per heavy atom. The van der Waals surface area contributed by atoms with E-state index in [2.05, 4.69) is 5.32 Å². The highest BCUT2D eigenvalue weighted by atomic mass is 16.6. The number of carbonyl (C=O) groups is 2. The molecule has 0 bridgehead atoms. The van der Waals surface area contributed by atoms with E-state index in [1.807, 2.05) is 0 Å². The molecule has 1 aromatic rings. The maximum atomic E-state index is 11.6. The number of alkyl carbamates (subject to hydrolysis) is 1. The Kier molecular flexibility index (Phi) is 6.44. The maximum Gasteiger partial charge on any atom is 0.408 e. The molecule has 120 valence electrons. The van der Waals surface area contributed by atoms with Gasteiger partial charge >= 0.3 is 12.1 Å². The van der Waals surface area contributed by atoms with Crippen molar-refractivity contribution in [2.75, 3.05) is 0 Å². The molecule has 6 nitrogen and oxygen atoms in total. The van der Waals surface area contributed by atoms with Crippen LogP contribution >= 0.6 is 0 Å². The van der Waals surface area contributed by atoms with Crippen LogP contribution in [0.25, 0.3) is 6.08 Å². The van der Waals surface area contributed by atoms with E-state index < -0.39 is 23.7 Å². The lowest BCUT2D eigenvalue weighted by Crippen LogP contribution is -2.43. The van der Waals surface area contributed by atoms with Gasteiger partial charge in [0.05, 0.1) is 6.26 Å². The monoisotopic (exact) mass is 307 g/mol. The fraction of sp³-hybridized carbons (Fsp3) is 0.375. The van der Waals surface area contributed by atoms with E-state index in [4.69, 9.17) is 14.3 Å². The number of nitrogens with one attached hydrogen (secondary N) is 1. The second kappa shape index (κ2) is 8.07. The molecule has 0 aromatic carbocycles. The van der Waals surface area contributed by atoms with Gasteiger partial charge in [0.2, 0.25) is 0 Å². The summed E-state index contributed by atoms with van der Waals surface area (Å²) in [4.78, 5) is 22.7. The standard InChI is InChI=1S/C16H21NO5/c1-16(2,3)22-15(20)17-13(14(18)19)10-6-4-5-8-12-9-7-11-21-12/h4-9,11,13H,10H2,1-3H3,(H,17,20)(H,18,19)/b6-4+,8-5+/t13-/m0/s1. The van der Waals surface area contributed by atoms with E-state index in [0.717, 1.165) is 0 Å². The number of carboxylic acids is 1. The van der Waals surface area contributed by atoms with Gasteiger partial charge < -0.3 is 19.6 Å². The molecule has 0 aliphatic rings. The van der Waals surface area contributed by atoms with Crippen LogP contribution in [0.3, 0.4) is 0 Å². The number of amides is 1. The van der Waals surface area contributed by atoms with E-state index in [0.29, 0.717) is 5.76 Å². The molecule has 22 heavy (non-hydrogen) atoms. The van der Waals surface area contributed by atoms with Gasteiger partial charge in [0.25, 0.3) is 0 Å². The van der Waals surface area contributed by atoms with Crippen molar-refractivity contribution < 1.29 is 23.8 Å². The molecule has 1 aromatic heterocycles. The molecule has 1 atom stereocenters. The molecule has 0 radical (unpaired) electrons. The van der Waals surface area contributed by atoms with Crippen molar-refractivity contribution in [1.82, 2.24) is 5.32 Å². The van der Waals surface area contributed by atoms with E-state index in [1.165, 1.54) is 0 Å². The molecular formula is C16H21NO5. The lowest BCUT2D eigenvalue weighted by molar-refractivity contribution is -0.139. The minimum absolute atomic E-state index is 0.150. The first kappa shape index (κ1) is 17.6. The highest BCUT2D eigenvalue weighted by molar-refractivity contribution is 5.80. The third-order valence-electron chi connectivity index (χ3n) is 2.41. The summed E-state index contributed by atoms with van der Waals surface area (Å²) in [6.45, 7) is 5.13. The Morgan fingerprint density at radius 3 is 2.68 bits per heavy atom. The quantitative estimate of drug-likeness (QED) is 0.788. The summed E-state index contributed by atoms with van der Waals surface area (Å²) in [5.41, 5.74) is -0.672. The number of ether oxygens (including phenoxy) is 1. The van der Waals surface area contributed by atoms with E-state index in [9.17, 15) is 9.59 Å². The fourth-order valence-electron chi connectivity index (χ4n) is 1.50. The van der Waals surface area contributed by atoms with Gasteiger partial charge in [-0.1, -0.05) is 18.2 Å². The zero-order valence-corrected chi connectivity index (χ0v) is 12.9. The summed E-state index contributed by atoms with van der Waals surface area (Å²) >= 11 is 0. The molecule has 1 rings (SSSR count). The number of aliphatic carboxylic acids is 1. The van der Waals surface area contributed by atoms with Crippen molar-refractivity contribution in [2.45, 2.75) is 38.8 Å². The number of hydrogen-bond donors (Lipinski definition) is 2. The van der Waals surface area contributed by atoms with Gasteiger partial charge in [-0.05, 0) is 45.4 Å². The summed E-state index contributed by atoms with van der Waals surface area (Å²) in [5.74, 6) is -0.420. The van der Waals surface area contributed by atoms with Crippen LogP contribution in [0.15, 0.2) is 41.0 Å². The molecule has 1 heterocycles. The second-order valence-corrected chi connectivity index (χ2v) is 5.58. The van der Waals surface area contributed by atoms with Crippen LogP contribution in [0.5, 0.6) is 0 Å². The number of allylic oxidation sites excluding steroid dienone is 2. The third kappa shape index (κ3) is 7.33. The molecule has 0 aliphatic heterocycles. The molecule has 0 unspecified atom stereocenters. The summed E-state index contributed by atoms with van der Waals surface area (Å²) in [6.07, 6.45) is 7.77. The van der Waals surface area contributed by atoms with Crippen molar-refractivity contribution in [3.63, 3.8) is 0 Å². The Labute approximate surface area is 129 Å². The van der Waals surface area contributed by atoms with Crippen molar-refractivity contribution in [3.05, 3.63) is 42.4 Å². The second-order valence-electron chi connectivity index (χ2n) is 5.58. The minimum Gasteiger partial charge on any atom is -0.480 e. The van der Waals surface area contributed by atoms with Crippen LogP contribution < -0.4 is 5.32 Å². The van der Waals surface area contributed by atoms with Gasteiger partial charge in [-0.2, -0.15) is 0 Å². The maximum absolute atomic E-state index is 11.6. The number of carbonyl (C=O) groups excluding carboxylic acids is 1. The van der Waals surface area contributed by atoms with E-state index in [1.54, 1.807) is 63.5 Å². The van der Waals surface area contributed by atoms with Crippen molar-refractivity contribution in [3.8, 4) is 0 Å². The predicted octanol–water partition coefficient (Wildman–Crippen LogP) is 3.22. The molecule has 0 spiro atoms. The fourth-order valence-corrected chi connectivity index (χ4v) is 1.50. The lowest BCUT2D eigenvalue weighted by Gasteiger charge is -2.21. The van der Waals surface area contributed by atoms with Crippen LogP contribution in [0.4, 0.5) is 4.79 Å². The highest BCUT2D eigenvalue weighted by Gasteiger charge is 2.22. The average Bonchev–Trinajstić information content (AvgIpc) is 2.87. The van der Waals surface area contributed by atoms with Gasteiger partial charge in [-0.25, -0.2) is 9.59 Å². The summed E-state index contributed by atoms with van der Waals surface area (Å²) < 4.78 is 10.1. The SMILES string of the molecule is CC(C)(C)OC(=O)N[C@@H](C/C=C/C=C/c1ccco1)C(=O)O. The van der Waals surface area contributed by atoms with Crippen LogP contribution in [0, 0.1) is 0 Å². The Morgan fingerprint density at radius 1 is 1.41 bits per heavy atom. The van der Waals surface area contributed by atoms with Crippen LogP contribution in [-0.4, -0.2) is 28.8 Å². The zero-order valence-electron chi connectivity index (χ0n) is 12.9. The smallest absolute Gasteiger partial charge is 0.408 e. The first-order valence-corrected chi connectivity index (χ1v) is 6.87. The number of hydrogen-bond acceptors (Lipinski definition) is 4. The van der Waals surface area contributed by atoms with Gasteiger partial charge in [0.1, 0.15) is 17.4 Å².